The third-order valence-electron chi connectivity index (χ3n) is 4.12. The Morgan fingerprint density at radius 1 is 1.39 bits per heavy atom. The van der Waals surface area contributed by atoms with Crippen LogP contribution in [0.2, 0.25) is 5.02 Å². The van der Waals surface area contributed by atoms with Gasteiger partial charge in [-0.3, -0.25) is 4.90 Å². The number of hydrogen-bond donors (Lipinski definition) is 1. The van der Waals surface area contributed by atoms with Crippen LogP contribution in [0.1, 0.15) is 37.3 Å². The van der Waals surface area contributed by atoms with Crippen molar-refractivity contribution in [3.63, 3.8) is 0 Å². The van der Waals surface area contributed by atoms with Crippen molar-refractivity contribution in [2.45, 2.75) is 51.7 Å². The van der Waals surface area contributed by atoms with Crippen LogP contribution in [0.5, 0.6) is 0 Å². The first-order chi connectivity index (χ1) is 8.61. The minimum absolute atomic E-state index is 0.531. The lowest BCUT2D eigenvalue weighted by molar-refractivity contribution is 0.0890. The molecule has 0 bridgehead atoms. The molecule has 0 radical (unpaired) electrons. The first kappa shape index (κ1) is 13.9. The summed E-state index contributed by atoms with van der Waals surface area (Å²) in [5, 5.41) is 0.818. The molecule has 0 spiro atoms. The van der Waals surface area contributed by atoms with Gasteiger partial charge >= 0.3 is 0 Å². The second-order valence-corrected chi connectivity index (χ2v) is 5.85. The molecule has 1 heterocycles. The Labute approximate surface area is 115 Å². The lowest BCUT2D eigenvalue weighted by Gasteiger charge is -2.40. The number of nitrogens with two attached hydrogens (primary N) is 1. The van der Waals surface area contributed by atoms with Crippen molar-refractivity contribution in [1.82, 2.24) is 4.90 Å². The molecule has 0 aliphatic carbocycles. The van der Waals surface area contributed by atoms with Crippen molar-refractivity contribution in [2.75, 3.05) is 6.54 Å². The first-order valence-corrected chi connectivity index (χ1v) is 7.20. The highest BCUT2D eigenvalue weighted by Gasteiger charge is 2.26. The number of hydrogen-bond acceptors (Lipinski definition) is 2. The van der Waals surface area contributed by atoms with Crippen molar-refractivity contribution in [1.29, 1.82) is 0 Å². The van der Waals surface area contributed by atoms with Gasteiger partial charge in [-0.1, -0.05) is 24.1 Å². The molecular formula is C15H23ClN2. The number of aryl methyl sites for hydroxylation is 1. The van der Waals surface area contributed by atoms with E-state index in [1.54, 1.807) is 0 Å². The van der Waals surface area contributed by atoms with Gasteiger partial charge in [-0.2, -0.15) is 0 Å². The molecule has 2 atom stereocenters. The second-order valence-electron chi connectivity index (χ2n) is 5.41. The predicted octanol–water partition coefficient (Wildman–Crippen LogP) is 3.35. The van der Waals surface area contributed by atoms with E-state index in [4.69, 9.17) is 17.3 Å². The summed E-state index contributed by atoms with van der Waals surface area (Å²) in [6.45, 7) is 6.20. The van der Waals surface area contributed by atoms with Crippen LogP contribution in [0.25, 0.3) is 0 Å². The van der Waals surface area contributed by atoms with Crippen molar-refractivity contribution >= 4 is 11.6 Å². The van der Waals surface area contributed by atoms with E-state index in [-0.39, 0.29) is 0 Å². The molecule has 3 heteroatoms. The molecule has 1 saturated heterocycles. The summed E-state index contributed by atoms with van der Waals surface area (Å²) in [5.74, 6) is 0. The number of rotatable bonds is 3. The highest BCUT2D eigenvalue weighted by Crippen LogP contribution is 2.26. The zero-order chi connectivity index (χ0) is 13.1. The minimum Gasteiger partial charge on any atom is -0.329 e. The number of halogens is 1. The van der Waals surface area contributed by atoms with E-state index in [0.717, 1.165) is 18.1 Å². The lowest BCUT2D eigenvalue weighted by atomic mass is 9.95. The summed E-state index contributed by atoms with van der Waals surface area (Å²) in [6, 6.07) is 7.33. The average molecular weight is 267 g/mol. The van der Waals surface area contributed by atoms with Gasteiger partial charge in [0.1, 0.15) is 0 Å². The topological polar surface area (TPSA) is 29.3 Å². The fourth-order valence-electron chi connectivity index (χ4n) is 2.91. The highest BCUT2D eigenvalue weighted by molar-refractivity contribution is 6.30. The Kier molecular flexibility index (Phi) is 4.66. The number of benzene rings is 1. The molecule has 1 aliphatic heterocycles. The molecule has 1 aromatic rings. The monoisotopic (exact) mass is 266 g/mol. The largest absolute Gasteiger partial charge is 0.329 e. The summed E-state index contributed by atoms with van der Waals surface area (Å²) >= 11 is 6.01. The fourth-order valence-corrected chi connectivity index (χ4v) is 3.14. The highest BCUT2D eigenvalue weighted by atomic mass is 35.5. The Morgan fingerprint density at radius 3 is 2.83 bits per heavy atom. The average Bonchev–Trinajstić information content (AvgIpc) is 2.34. The van der Waals surface area contributed by atoms with Crippen molar-refractivity contribution < 1.29 is 0 Å². The molecule has 0 amide bonds. The van der Waals surface area contributed by atoms with Crippen LogP contribution >= 0.6 is 11.6 Å². The SMILES string of the molecule is Cc1cc(Cl)ccc1CN1C(C)CCCC1CN. The van der Waals surface area contributed by atoms with Gasteiger partial charge in [0, 0.05) is 30.2 Å². The van der Waals surface area contributed by atoms with Crippen molar-refractivity contribution in [2.24, 2.45) is 5.73 Å². The summed E-state index contributed by atoms with van der Waals surface area (Å²) < 4.78 is 0. The van der Waals surface area contributed by atoms with Gasteiger partial charge < -0.3 is 5.73 Å². The van der Waals surface area contributed by atoms with E-state index in [2.05, 4.69) is 24.8 Å². The molecule has 1 fully saturated rings. The molecule has 0 saturated carbocycles. The lowest BCUT2D eigenvalue weighted by Crippen LogP contribution is -2.48. The van der Waals surface area contributed by atoms with Crippen LogP contribution in [-0.4, -0.2) is 23.5 Å². The van der Waals surface area contributed by atoms with Crippen LogP contribution in [0, 0.1) is 6.92 Å². The van der Waals surface area contributed by atoms with Crippen LogP contribution in [0.4, 0.5) is 0 Å². The molecule has 2 nitrogen and oxygen atoms in total. The molecule has 2 unspecified atom stereocenters. The standard InChI is InChI=1S/C15H23ClN2/c1-11-8-14(16)7-6-13(11)10-18-12(2)4-3-5-15(18)9-17/h6-8,12,15H,3-5,9-10,17H2,1-2H3. The van der Waals surface area contributed by atoms with Crippen LogP contribution in [0.3, 0.4) is 0 Å². The Balaban J connectivity index is 2.15. The van der Waals surface area contributed by atoms with Gasteiger partial charge in [-0.15, -0.1) is 0 Å². The summed E-state index contributed by atoms with van der Waals surface area (Å²) in [5.41, 5.74) is 8.55. The van der Waals surface area contributed by atoms with E-state index >= 15 is 0 Å². The van der Waals surface area contributed by atoms with Gasteiger partial charge in [-0.05, 0) is 49.9 Å². The maximum atomic E-state index is 6.01. The van der Waals surface area contributed by atoms with E-state index in [1.807, 2.05) is 12.1 Å². The zero-order valence-electron chi connectivity index (χ0n) is 11.3. The first-order valence-electron chi connectivity index (χ1n) is 6.82. The molecule has 2 N–H and O–H groups in total. The molecule has 18 heavy (non-hydrogen) atoms. The van der Waals surface area contributed by atoms with Crippen molar-refractivity contribution in [3.8, 4) is 0 Å². The minimum atomic E-state index is 0.531. The molecule has 1 aromatic carbocycles. The second kappa shape index (κ2) is 6.05. The van der Waals surface area contributed by atoms with Gasteiger partial charge in [0.25, 0.3) is 0 Å². The number of likely N-dealkylation sites (tertiary alicyclic amines) is 1. The number of nitrogens with zero attached hydrogens (tertiary/aromatic N) is 1. The summed E-state index contributed by atoms with van der Waals surface area (Å²) in [7, 11) is 0. The molecular weight excluding hydrogens is 244 g/mol. The van der Waals surface area contributed by atoms with E-state index < -0.39 is 0 Å². The third-order valence-corrected chi connectivity index (χ3v) is 4.36. The summed E-state index contributed by atoms with van der Waals surface area (Å²) in [4.78, 5) is 2.56. The van der Waals surface area contributed by atoms with Gasteiger partial charge in [0.05, 0.1) is 0 Å². The molecule has 2 rings (SSSR count). The van der Waals surface area contributed by atoms with Gasteiger partial charge in [-0.25, -0.2) is 0 Å². The predicted molar refractivity (Wildman–Crippen MR) is 77.9 cm³/mol. The maximum Gasteiger partial charge on any atom is 0.0408 e. The Morgan fingerprint density at radius 2 is 2.17 bits per heavy atom. The van der Waals surface area contributed by atoms with E-state index in [9.17, 15) is 0 Å². The quantitative estimate of drug-likeness (QED) is 0.909. The smallest absolute Gasteiger partial charge is 0.0408 e. The maximum absolute atomic E-state index is 6.01. The Hall–Kier alpha value is -0.570. The Bertz CT molecular complexity index is 405. The molecule has 100 valence electrons. The zero-order valence-corrected chi connectivity index (χ0v) is 12.1. The van der Waals surface area contributed by atoms with Crippen LogP contribution in [-0.2, 0) is 6.54 Å². The molecule has 0 aromatic heterocycles. The molecule has 1 aliphatic rings. The van der Waals surface area contributed by atoms with Crippen LogP contribution < -0.4 is 5.73 Å². The van der Waals surface area contributed by atoms with Gasteiger partial charge in [0.2, 0.25) is 0 Å². The van der Waals surface area contributed by atoms with Crippen LogP contribution in [0.15, 0.2) is 18.2 Å². The summed E-state index contributed by atoms with van der Waals surface area (Å²) in [6.07, 6.45) is 3.82. The normalized spacial score (nSPS) is 25.3. The van der Waals surface area contributed by atoms with Gasteiger partial charge in [0.15, 0.2) is 0 Å². The van der Waals surface area contributed by atoms with E-state index in [1.165, 1.54) is 30.4 Å². The van der Waals surface area contributed by atoms with Crippen molar-refractivity contribution in [3.05, 3.63) is 34.3 Å². The fraction of sp³-hybridized carbons (Fsp3) is 0.600. The third kappa shape index (κ3) is 3.05. The van der Waals surface area contributed by atoms with E-state index in [0.29, 0.717) is 12.1 Å². The number of piperidine rings is 1.